The molecule has 2 heterocycles. The van der Waals surface area contributed by atoms with Crippen molar-refractivity contribution >= 4 is 11.8 Å². The van der Waals surface area contributed by atoms with E-state index >= 15 is 0 Å². The van der Waals surface area contributed by atoms with Crippen molar-refractivity contribution in [2.75, 3.05) is 13.1 Å². The molecule has 20 heavy (non-hydrogen) atoms. The van der Waals surface area contributed by atoms with Gasteiger partial charge in [0.05, 0.1) is 5.92 Å². The van der Waals surface area contributed by atoms with Gasteiger partial charge >= 0.3 is 0 Å². The van der Waals surface area contributed by atoms with Crippen LogP contribution in [-0.4, -0.2) is 35.8 Å². The van der Waals surface area contributed by atoms with E-state index < -0.39 is 0 Å². The average molecular weight is 278 g/mol. The second-order valence-corrected chi connectivity index (χ2v) is 8.22. The Kier molecular flexibility index (Phi) is 3.11. The topological polar surface area (TPSA) is 49.4 Å². The second-order valence-electron chi connectivity index (χ2n) is 8.22. The molecule has 2 aliphatic heterocycles. The molecule has 0 aromatic rings. The molecule has 112 valence electrons. The van der Waals surface area contributed by atoms with Gasteiger partial charge in [-0.05, 0) is 36.5 Å². The Bertz CT molecular complexity index is 436. The number of nitrogens with zero attached hydrogens (tertiary/aromatic N) is 1. The predicted molar refractivity (Wildman–Crippen MR) is 77.0 cm³/mol. The third kappa shape index (κ3) is 2.45. The molecule has 0 spiro atoms. The van der Waals surface area contributed by atoms with E-state index in [4.69, 9.17) is 0 Å². The standard InChI is InChI=1S/C16H26N2O2/c1-15(2)6-12-7-16(3,9-15)10-18(12)14(20)11-4-5-13(19)17-8-11/h11-12H,4-10H2,1-3H3,(H,17,19). The minimum atomic E-state index is -0.00115. The van der Waals surface area contributed by atoms with E-state index in [0.717, 1.165) is 19.4 Å². The second kappa shape index (κ2) is 4.47. The highest BCUT2D eigenvalue weighted by Crippen LogP contribution is 2.52. The number of likely N-dealkylation sites (tertiary alicyclic amines) is 1. The highest BCUT2D eigenvalue weighted by atomic mass is 16.2. The summed E-state index contributed by atoms with van der Waals surface area (Å²) in [5.74, 6) is 0.359. The maximum Gasteiger partial charge on any atom is 0.227 e. The first-order valence-corrected chi connectivity index (χ1v) is 7.85. The van der Waals surface area contributed by atoms with Gasteiger partial charge in [0, 0.05) is 25.6 Å². The molecule has 1 N–H and O–H groups in total. The van der Waals surface area contributed by atoms with Crippen molar-refractivity contribution in [3.63, 3.8) is 0 Å². The third-order valence-electron chi connectivity index (χ3n) is 5.31. The first-order chi connectivity index (χ1) is 9.28. The normalized spacial score (nSPS) is 39.5. The monoisotopic (exact) mass is 278 g/mol. The third-order valence-corrected chi connectivity index (χ3v) is 5.31. The minimum absolute atomic E-state index is 0.00115. The number of piperidine rings is 1. The van der Waals surface area contributed by atoms with Gasteiger partial charge in [0.1, 0.15) is 0 Å². The van der Waals surface area contributed by atoms with Crippen LogP contribution in [0, 0.1) is 16.7 Å². The first-order valence-electron chi connectivity index (χ1n) is 7.85. The molecule has 2 saturated heterocycles. The van der Waals surface area contributed by atoms with Gasteiger partial charge in [-0.3, -0.25) is 9.59 Å². The fourth-order valence-electron chi connectivity index (χ4n) is 4.90. The van der Waals surface area contributed by atoms with Crippen LogP contribution in [0.2, 0.25) is 0 Å². The van der Waals surface area contributed by atoms with Crippen LogP contribution < -0.4 is 5.32 Å². The molecule has 1 aliphatic carbocycles. The smallest absolute Gasteiger partial charge is 0.227 e. The largest absolute Gasteiger partial charge is 0.355 e. The van der Waals surface area contributed by atoms with Gasteiger partial charge in [0.15, 0.2) is 0 Å². The molecular formula is C16H26N2O2. The lowest BCUT2D eigenvalue weighted by molar-refractivity contribution is -0.138. The molecule has 2 amide bonds. The Hall–Kier alpha value is -1.06. The van der Waals surface area contributed by atoms with E-state index in [0.29, 0.717) is 36.3 Å². The molecule has 0 aromatic carbocycles. The highest BCUT2D eigenvalue weighted by molar-refractivity contribution is 5.84. The molecule has 3 fully saturated rings. The van der Waals surface area contributed by atoms with Gasteiger partial charge in [0.2, 0.25) is 11.8 Å². The van der Waals surface area contributed by atoms with Crippen molar-refractivity contribution in [2.45, 2.75) is 58.9 Å². The zero-order chi connectivity index (χ0) is 14.5. The summed E-state index contributed by atoms with van der Waals surface area (Å²) in [7, 11) is 0. The van der Waals surface area contributed by atoms with Crippen LogP contribution in [0.25, 0.3) is 0 Å². The Morgan fingerprint density at radius 2 is 2.05 bits per heavy atom. The molecule has 4 heteroatoms. The Labute approximate surface area is 121 Å². The molecule has 4 nitrogen and oxygen atoms in total. The van der Waals surface area contributed by atoms with Gasteiger partial charge in [0.25, 0.3) is 0 Å². The van der Waals surface area contributed by atoms with Crippen LogP contribution in [0.5, 0.6) is 0 Å². The van der Waals surface area contributed by atoms with Gasteiger partial charge in [-0.2, -0.15) is 0 Å². The summed E-state index contributed by atoms with van der Waals surface area (Å²) in [5.41, 5.74) is 0.632. The summed E-state index contributed by atoms with van der Waals surface area (Å²) in [6, 6.07) is 0.411. The van der Waals surface area contributed by atoms with Crippen molar-refractivity contribution in [1.29, 1.82) is 0 Å². The van der Waals surface area contributed by atoms with E-state index in [2.05, 4.69) is 31.0 Å². The Morgan fingerprint density at radius 3 is 2.70 bits per heavy atom. The van der Waals surface area contributed by atoms with Crippen LogP contribution >= 0.6 is 0 Å². The maximum atomic E-state index is 12.8. The lowest BCUT2D eigenvalue weighted by Gasteiger charge is -2.39. The molecule has 3 unspecified atom stereocenters. The summed E-state index contributed by atoms with van der Waals surface area (Å²) < 4.78 is 0. The predicted octanol–water partition coefficient (Wildman–Crippen LogP) is 1.94. The van der Waals surface area contributed by atoms with Crippen LogP contribution in [0.15, 0.2) is 0 Å². The molecule has 2 bridgehead atoms. The van der Waals surface area contributed by atoms with Crippen LogP contribution in [0.1, 0.15) is 52.9 Å². The van der Waals surface area contributed by atoms with Gasteiger partial charge in [-0.15, -0.1) is 0 Å². The number of hydrogen-bond donors (Lipinski definition) is 1. The fourth-order valence-corrected chi connectivity index (χ4v) is 4.90. The lowest BCUT2D eigenvalue weighted by Crippen LogP contribution is -2.46. The number of rotatable bonds is 1. The number of nitrogens with one attached hydrogen (secondary N) is 1. The molecule has 1 saturated carbocycles. The molecule has 0 aromatic heterocycles. The first kappa shape index (κ1) is 13.9. The number of carbonyl (C=O) groups excluding carboxylic acids is 2. The summed E-state index contributed by atoms with van der Waals surface area (Å²) in [5, 5.41) is 2.84. The van der Waals surface area contributed by atoms with Gasteiger partial charge < -0.3 is 10.2 Å². The molecule has 3 aliphatic rings. The summed E-state index contributed by atoms with van der Waals surface area (Å²) in [4.78, 5) is 26.1. The van der Waals surface area contributed by atoms with Crippen molar-refractivity contribution < 1.29 is 9.59 Å². The summed E-state index contributed by atoms with van der Waals surface area (Å²) in [6.45, 7) is 8.42. The number of fused-ring (bicyclic) bond motifs is 2. The van der Waals surface area contributed by atoms with Crippen LogP contribution in [-0.2, 0) is 9.59 Å². The number of amides is 2. The molecular weight excluding hydrogens is 252 g/mol. The minimum Gasteiger partial charge on any atom is -0.355 e. The van der Waals surface area contributed by atoms with Crippen molar-refractivity contribution in [3.05, 3.63) is 0 Å². The van der Waals surface area contributed by atoms with Crippen molar-refractivity contribution in [3.8, 4) is 0 Å². The molecule has 0 radical (unpaired) electrons. The van der Waals surface area contributed by atoms with Crippen LogP contribution in [0.3, 0.4) is 0 Å². The van der Waals surface area contributed by atoms with Crippen molar-refractivity contribution in [2.24, 2.45) is 16.7 Å². The number of hydrogen-bond acceptors (Lipinski definition) is 2. The Balaban J connectivity index is 1.72. The average Bonchev–Trinajstić information content (AvgIpc) is 2.58. The van der Waals surface area contributed by atoms with E-state index in [9.17, 15) is 9.59 Å². The van der Waals surface area contributed by atoms with Crippen molar-refractivity contribution in [1.82, 2.24) is 10.2 Å². The van der Waals surface area contributed by atoms with Gasteiger partial charge in [-0.25, -0.2) is 0 Å². The van der Waals surface area contributed by atoms with E-state index in [1.54, 1.807) is 0 Å². The summed E-state index contributed by atoms with van der Waals surface area (Å²) >= 11 is 0. The van der Waals surface area contributed by atoms with Gasteiger partial charge in [-0.1, -0.05) is 20.8 Å². The molecule has 3 rings (SSSR count). The lowest BCUT2D eigenvalue weighted by atomic mass is 9.65. The molecule has 3 atom stereocenters. The van der Waals surface area contributed by atoms with Crippen LogP contribution in [0.4, 0.5) is 0 Å². The van der Waals surface area contributed by atoms with E-state index in [1.807, 2.05) is 0 Å². The Morgan fingerprint density at radius 1 is 1.30 bits per heavy atom. The van der Waals surface area contributed by atoms with E-state index in [-0.39, 0.29) is 17.7 Å². The highest BCUT2D eigenvalue weighted by Gasteiger charge is 2.51. The zero-order valence-electron chi connectivity index (χ0n) is 12.9. The maximum absolute atomic E-state index is 12.8. The zero-order valence-corrected chi connectivity index (χ0v) is 12.9. The number of carbonyl (C=O) groups is 2. The van der Waals surface area contributed by atoms with E-state index in [1.165, 1.54) is 6.42 Å². The quantitative estimate of drug-likeness (QED) is 0.797. The fraction of sp³-hybridized carbons (Fsp3) is 0.875. The SMILES string of the molecule is CC1(C)CC2CC(C)(CN2C(=O)C2CCC(=O)NC2)C1. The summed E-state index contributed by atoms with van der Waals surface area (Å²) in [6.07, 6.45) is 4.70.